The van der Waals surface area contributed by atoms with E-state index in [9.17, 15) is 9.36 Å². The van der Waals surface area contributed by atoms with Gasteiger partial charge in [-0.25, -0.2) is 4.79 Å². The van der Waals surface area contributed by atoms with Crippen LogP contribution < -0.4 is 0 Å². The van der Waals surface area contributed by atoms with Crippen LogP contribution >= 0.6 is 19.2 Å². The fourth-order valence-electron chi connectivity index (χ4n) is 1.33. The van der Waals surface area contributed by atoms with Crippen molar-refractivity contribution in [1.82, 2.24) is 0 Å². The third-order valence-corrected chi connectivity index (χ3v) is 4.34. The number of benzene rings is 1. The van der Waals surface area contributed by atoms with Gasteiger partial charge in [0.25, 0.3) is 0 Å². The highest BCUT2D eigenvalue weighted by molar-refractivity contribution is 7.58. The Morgan fingerprint density at radius 1 is 1.20 bits per heavy atom. The normalized spacial score (nSPS) is 11.2. The number of carbonyl (C=O) groups is 1. The molecule has 0 spiro atoms. The second-order valence-electron chi connectivity index (χ2n) is 3.62. The van der Waals surface area contributed by atoms with Crippen LogP contribution in [0.3, 0.4) is 0 Å². The SMILES string of the molecule is C=C(OC(=O)c1ccc(Cl)cc1)P(=O)(OCC)OCC. The van der Waals surface area contributed by atoms with Gasteiger partial charge in [0.1, 0.15) is 0 Å². The molecule has 0 heterocycles. The van der Waals surface area contributed by atoms with E-state index in [4.69, 9.17) is 25.4 Å². The molecule has 0 radical (unpaired) electrons. The number of hydrogen-bond donors (Lipinski definition) is 0. The first-order chi connectivity index (χ1) is 9.42. The molecule has 0 unspecified atom stereocenters. The van der Waals surface area contributed by atoms with Crippen LogP contribution in [0.25, 0.3) is 0 Å². The first kappa shape index (κ1) is 16.9. The van der Waals surface area contributed by atoms with Crippen LogP contribution in [0.15, 0.2) is 36.3 Å². The summed E-state index contributed by atoms with van der Waals surface area (Å²) >= 11 is 5.72. The lowest BCUT2D eigenvalue weighted by Gasteiger charge is -2.18. The molecule has 110 valence electrons. The number of halogens is 1. The smallest absolute Gasteiger partial charge is 0.395 e. The van der Waals surface area contributed by atoms with E-state index in [0.717, 1.165) is 0 Å². The fraction of sp³-hybridized carbons (Fsp3) is 0.308. The average Bonchev–Trinajstić information content (AvgIpc) is 2.39. The first-order valence-corrected chi connectivity index (χ1v) is 7.91. The molecule has 1 aromatic carbocycles. The van der Waals surface area contributed by atoms with Gasteiger partial charge in [-0.2, -0.15) is 0 Å². The molecule has 0 atom stereocenters. The van der Waals surface area contributed by atoms with Gasteiger partial charge in [0.15, 0.2) is 0 Å². The van der Waals surface area contributed by atoms with Crippen molar-refractivity contribution in [2.75, 3.05) is 13.2 Å². The first-order valence-electron chi connectivity index (χ1n) is 5.99. The zero-order chi connectivity index (χ0) is 15.2. The van der Waals surface area contributed by atoms with E-state index in [1.165, 1.54) is 12.1 Å². The molecule has 0 aromatic heterocycles. The Labute approximate surface area is 123 Å². The summed E-state index contributed by atoms with van der Waals surface area (Å²) in [6.45, 7) is 7.07. The molecule has 0 aliphatic rings. The van der Waals surface area contributed by atoms with E-state index >= 15 is 0 Å². The second-order valence-corrected chi connectivity index (χ2v) is 6.07. The molecule has 0 aliphatic heterocycles. The summed E-state index contributed by atoms with van der Waals surface area (Å²) in [5, 5.41) is 0.495. The van der Waals surface area contributed by atoms with Gasteiger partial charge in [0.2, 0.25) is 5.50 Å². The lowest BCUT2D eigenvalue weighted by atomic mass is 10.2. The maximum Gasteiger partial charge on any atom is 0.395 e. The standard InChI is InChI=1S/C13H16ClO5P/c1-4-17-20(16,18-5-2)10(3)19-13(15)11-6-8-12(14)9-7-11/h6-9H,3-5H2,1-2H3. The molecule has 7 heteroatoms. The molecule has 0 N–H and O–H groups in total. The highest BCUT2D eigenvalue weighted by atomic mass is 35.5. The minimum atomic E-state index is -3.66. The predicted octanol–water partition coefficient (Wildman–Crippen LogP) is 4.23. The van der Waals surface area contributed by atoms with Gasteiger partial charge in [-0.15, -0.1) is 0 Å². The Balaban J connectivity index is 2.80. The zero-order valence-corrected chi connectivity index (χ0v) is 12.9. The Morgan fingerprint density at radius 2 is 1.70 bits per heavy atom. The molecule has 0 aliphatic carbocycles. The van der Waals surface area contributed by atoms with Crippen LogP contribution in [-0.2, 0) is 18.3 Å². The summed E-state index contributed by atoms with van der Waals surface area (Å²) in [6.07, 6.45) is 0. The summed E-state index contributed by atoms with van der Waals surface area (Å²) in [4.78, 5) is 11.9. The number of ether oxygens (including phenoxy) is 1. The van der Waals surface area contributed by atoms with Crippen LogP contribution in [0.2, 0.25) is 5.02 Å². The van der Waals surface area contributed by atoms with Crippen LogP contribution in [0, 0.1) is 0 Å². The Kier molecular flexibility index (Phi) is 6.43. The van der Waals surface area contributed by atoms with Crippen LogP contribution in [0.1, 0.15) is 24.2 Å². The van der Waals surface area contributed by atoms with Gasteiger partial charge < -0.3 is 13.8 Å². The van der Waals surface area contributed by atoms with Crippen LogP contribution in [-0.4, -0.2) is 19.2 Å². The fourth-order valence-corrected chi connectivity index (χ4v) is 2.69. The molecular weight excluding hydrogens is 303 g/mol. The van der Waals surface area contributed by atoms with Gasteiger partial charge in [0.05, 0.1) is 18.8 Å². The highest BCUT2D eigenvalue weighted by Crippen LogP contribution is 2.55. The number of carbonyl (C=O) groups excluding carboxylic acids is 1. The molecule has 0 amide bonds. The number of rotatable bonds is 7. The van der Waals surface area contributed by atoms with Crippen molar-refractivity contribution in [3.8, 4) is 0 Å². The largest absolute Gasteiger partial charge is 0.415 e. The van der Waals surface area contributed by atoms with Gasteiger partial charge >= 0.3 is 13.6 Å². The van der Waals surface area contributed by atoms with Gasteiger partial charge in [-0.05, 0) is 44.7 Å². The summed E-state index contributed by atoms with van der Waals surface area (Å²) < 4.78 is 27.3. The molecule has 1 rings (SSSR count). The predicted molar refractivity (Wildman–Crippen MR) is 76.9 cm³/mol. The Bertz CT molecular complexity index is 516. The van der Waals surface area contributed by atoms with Crippen molar-refractivity contribution < 1.29 is 23.1 Å². The van der Waals surface area contributed by atoms with Crippen molar-refractivity contribution in [3.05, 3.63) is 46.9 Å². The van der Waals surface area contributed by atoms with Crippen molar-refractivity contribution >= 4 is 25.2 Å². The Morgan fingerprint density at radius 3 is 2.15 bits per heavy atom. The molecule has 5 nitrogen and oxygen atoms in total. The number of esters is 1. The third kappa shape index (κ3) is 4.46. The molecule has 0 bridgehead atoms. The summed E-state index contributed by atoms with van der Waals surface area (Å²) in [5.74, 6) is -0.703. The Hall–Kier alpha value is -1.13. The van der Waals surface area contributed by atoms with Crippen molar-refractivity contribution in [2.24, 2.45) is 0 Å². The van der Waals surface area contributed by atoms with Gasteiger partial charge in [0, 0.05) is 5.02 Å². The van der Waals surface area contributed by atoms with E-state index < -0.39 is 13.6 Å². The summed E-state index contributed by atoms with van der Waals surface area (Å²) in [7, 11) is -3.66. The third-order valence-electron chi connectivity index (χ3n) is 2.19. The van der Waals surface area contributed by atoms with Gasteiger partial charge in [-0.3, -0.25) is 4.57 Å². The maximum atomic E-state index is 12.3. The molecular formula is C13H16ClO5P. The monoisotopic (exact) mass is 318 g/mol. The van der Waals surface area contributed by atoms with E-state index in [1.807, 2.05) is 0 Å². The van der Waals surface area contributed by atoms with Gasteiger partial charge in [-0.1, -0.05) is 11.6 Å². The quantitative estimate of drug-likeness (QED) is 0.427. The zero-order valence-electron chi connectivity index (χ0n) is 11.3. The highest BCUT2D eigenvalue weighted by Gasteiger charge is 2.32. The van der Waals surface area contributed by atoms with E-state index in [1.54, 1.807) is 26.0 Å². The second kappa shape index (κ2) is 7.60. The van der Waals surface area contributed by atoms with E-state index in [2.05, 4.69) is 6.58 Å². The van der Waals surface area contributed by atoms with Crippen molar-refractivity contribution in [2.45, 2.75) is 13.8 Å². The van der Waals surface area contributed by atoms with E-state index in [0.29, 0.717) is 5.02 Å². The topological polar surface area (TPSA) is 61.8 Å². The molecule has 0 fully saturated rings. The van der Waals surface area contributed by atoms with E-state index in [-0.39, 0.29) is 24.3 Å². The average molecular weight is 319 g/mol. The minimum Gasteiger partial charge on any atom is -0.415 e. The molecule has 20 heavy (non-hydrogen) atoms. The molecule has 0 saturated heterocycles. The lowest BCUT2D eigenvalue weighted by Crippen LogP contribution is -2.07. The molecule has 0 saturated carbocycles. The summed E-state index contributed by atoms with van der Waals surface area (Å²) in [6, 6.07) is 6.08. The van der Waals surface area contributed by atoms with Crippen LogP contribution in [0.4, 0.5) is 0 Å². The van der Waals surface area contributed by atoms with Crippen LogP contribution in [0.5, 0.6) is 0 Å². The maximum absolute atomic E-state index is 12.3. The minimum absolute atomic E-state index is 0.148. The lowest BCUT2D eigenvalue weighted by molar-refractivity contribution is 0.0628. The number of hydrogen-bond acceptors (Lipinski definition) is 5. The van der Waals surface area contributed by atoms with Crippen molar-refractivity contribution in [3.63, 3.8) is 0 Å². The summed E-state index contributed by atoms with van der Waals surface area (Å²) in [5.41, 5.74) is -0.0729. The van der Waals surface area contributed by atoms with Crippen molar-refractivity contribution in [1.29, 1.82) is 0 Å². The molecule has 1 aromatic rings.